The topological polar surface area (TPSA) is 9.23 Å². The maximum absolute atomic E-state index is 5.24. The molecule has 0 amide bonds. The molecule has 1 rings (SSSR count). The van der Waals surface area contributed by atoms with Crippen LogP contribution in [0.5, 0.6) is 5.75 Å². The Morgan fingerprint density at radius 2 is 2.00 bits per heavy atom. The molecule has 0 saturated heterocycles. The maximum Gasteiger partial charge on any atom is 0.119 e. The average Bonchev–Trinajstić information content (AvgIpc) is 2.20. The first-order chi connectivity index (χ1) is 7.52. The summed E-state index contributed by atoms with van der Waals surface area (Å²) in [7, 11) is 1.71. The molecule has 3 heteroatoms. The molecule has 16 heavy (non-hydrogen) atoms. The van der Waals surface area contributed by atoms with Gasteiger partial charge in [0.1, 0.15) is 5.75 Å². The number of methoxy groups -OCH3 is 1. The highest BCUT2D eigenvalue weighted by Gasteiger charge is 2.10. The summed E-state index contributed by atoms with van der Waals surface area (Å²) < 4.78 is 6.41. The molecule has 0 spiro atoms. The Morgan fingerprint density at radius 3 is 2.56 bits per heavy atom. The standard InChI is InChI=1S/C13H18Br2O/c1-9(6-10(2)14)7-11-8-12(16-3)4-5-13(11)15/h4-5,8-10H,6-7H2,1-3H3. The van der Waals surface area contributed by atoms with E-state index in [2.05, 4.69) is 57.8 Å². The van der Waals surface area contributed by atoms with Gasteiger partial charge in [-0.2, -0.15) is 0 Å². The third-order valence-electron chi connectivity index (χ3n) is 2.55. The highest BCUT2D eigenvalue weighted by atomic mass is 79.9. The zero-order valence-corrected chi connectivity index (χ0v) is 13.1. The van der Waals surface area contributed by atoms with E-state index in [0.717, 1.165) is 12.2 Å². The van der Waals surface area contributed by atoms with Gasteiger partial charge in [0.05, 0.1) is 7.11 Å². The van der Waals surface area contributed by atoms with Crippen LogP contribution in [-0.2, 0) is 6.42 Å². The third-order valence-corrected chi connectivity index (χ3v) is 3.70. The Bertz CT molecular complexity index is 337. The molecule has 0 N–H and O–H groups in total. The second-order valence-corrected chi connectivity index (χ2v) is 6.70. The van der Waals surface area contributed by atoms with Crippen molar-refractivity contribution in [3.63, 3.8) is 0 Å². The minimum atomic E-state index is 0.576. The first kappa shape index (κ1) is 14.0. The van der Waals surface area contributed by atoms with Gasteiger partial charge in [0, 0.05) is 9.30 Å². The van der Waals surface area contributed by atoms with E-state index in [0.29, 0.717) is 10.7 Å². The Morgan fingerprint density at radius 1 is 1.31 bits per heavy atom. The molecule has 0 aliphatic rings. The fourth-order valence-electron chi connectivity index (χ4n) is 1.85. The first-order valence-electron chi connectivity index (χ1n) is 5.49. The summed E-state index contributed by atoms with van der Waals surface area (Å²) in [5, 5.41) is 0. The van der Waals surface area contributed by atoms with E-state index in [1.165, 1.54) is 16.5 Å². The quantitative estimate of drug-likeness (QED) is 0.693. The van der Waals surface area contributed by atoms with E-state index in [4.69, 9.17) is 4.74 Å². The van der Waals surface area contributed by atoms with Crippen LogP contribution in [-0.4, -0.2) is 11.9 Å². The molecule has 0 heterocycles. The van der Waals surface area contributed by atoms with E-state index in [9.17, 15) is 0 Å². The minimum absolute atomic E-state index is 0.576. The van der Waals surface area contributed by atoms with Crippen LogP contribution in [0.25, 0.3) is 0 Å². The van der Waals surface area contributed by atoms with Crippen molar-refractivity contribution < 1.29 is 4.74 Å². The zero-order valence-electron chi connectivity index (χ0n) is 9.97. The Kier molecular flexibility index (Phi) is 5.84. The number of ether oxygens (including phenoxy) is 1. The van der Waals surface area contributed by atoms with E-state index in [1.54, 1.807) is 7.11 Å². The molecular weight excluding hydrogens is 332 g/mol. The molecule has 0 saturated carbocycles. The highest BCUT2D eigenvalue weighted by molar-refractivity contribution is 9.10. The fourth-order valence-corrected chi connectivity index (χ4v) is 2.89. The van der Waals surface area contributed by atoms with Crippen LogP contribution in [0, 0.1) is 5.92 Å². The summed E-state index contributed by atoms with van der Waals surface area (Å²) >= 11 is 7.19. The Balaban J connectivity index is 2.71. The van der Waals surface area contributed by atoms with Gasteiger partial charge < -0.3 is 4.74 Å². The van der Waals surface area contributed by atoms with Gasteiger partial charge in [-0.25, -0.2) is 0 Å². The number of benzene rings is 1. The monoisotopic (exact) mass is 348 g/mol. The molecular formula is C13H18Br2O. The van der Waals surface area contributed by atoms with Gasteiger partial charge in [-0.15, -0.1) is 0 Å². The highest BCUT2D eigenvalue weighted by Crippen LogP contribution is 2.26. The van der Waals surface area contributed by atoms with Crippen LogP contribution < -0.4 is 4.74 Å². The van der Waals surface area contributed by atoms with Crippen LogP contribution in [0.1, 0.15) is 25.8 Å². The summed E-state index contributed by atoms with van der Waals surface area (Å²) in [6, 6.07) is 6.14. The lowest BCUT2D eigenvalue weighted by atomic mass is 9.97. The summed E-state index contributed by atoms with van der Waals surface area (Å²) in [6.45, 7) is 4.47. The van der Waals surface area contributed by atoms with Crippen LogP contribution >= 0.6 is 31.9 Å². The third kappa shape index (κ3) is 4.46. The summed E-state index contributed by atoms with van der Waals surface area (Å²) in [5.74, 6) is 1.59. The van der Waals surface area contributed by atoms with Crippen molar-refractivity contribution >= 4 is 31.9 Å². The first-order valence-corrected chi connectivity index (χ1v) is 7.20. The molecule has 0 aromatic heterocycles. The molecule has 0 aliphatic heterocycles. The molecule has 1 aromatic rings. The van der Waals surface area contributed by atoms with E-state index < -0.39 is 0 Å². The average molecular weight is 350 g/mol. The summed E-state index contributed by atoms with van der Waals surface area (Å²) in [4.78, 5) is 0.576. The van der Waals surface area contributed by atoms with Gasteiger partial charge in [0.25, 0.3) is 0 Å². The molecule has 90 valence electrons. The van der Waals surface area contributed by atoms with Crippen molar-refractivity contribution in [3.8, 4) is 5.75 Å². The van der Waals surface area contributed by atoms with Crippen LogP contribution in [0.2, 0.25) is 0 Å². The maximum atomic E-state index is 5.24. The lowest BCUT2D eigenvalue weighted by molar-refractivity contribution is 0.413. The second kappa shape index (κ2) is 6.65. The van der Waals surface area contributed by atoms with Gasteiger partial charge in [0.2, 0.25) is 0 Å². The molecule has 2 unspecified atom stereocenters. The molecule has 1 nitrogen and oxygen atoms in total. The van der Waals surface area contributed by atoms with Crippen LogP contribution in [0.3, 0.4) is 0 Å². The van der Waals surface area contributed by atoms with Gasteiger partial charge in [-0.05, 0) is 42.5 Å². The largest absolute Gasteiger partial charge is 0.497 e. The predicted molar refractivity (Wildman–Crippen MR) is 76.6 cm³/mol. The molecule has 1 aromatic carbocycles. The van der Waals surface area contributed by atoms with Gasteiger partial charge >= 0.3 is 0 Å². The predicted octanol–water partition coefficient (Wildman–Crippen LogP) is 4.81. The van der Waals surface area contributed by atoms with Crippen molar-refractivity contribution in [1.29, 1.82) is 0 Å². The lowest BCUT2D eigenvalue weighted by Crippen LogP contribution is -2.05. The van der Waals surface area contributed by atoms with Gasteiger partial charge in [0.15, 0.2) is 0 Å². The van der Waals surface area contributed by atoms with E-state index >= 15 is 0 Å². The van der Waals surface area contributed by atoms with Crippen molar-refractivity contribution in [2.45, 2.75) is 31.5 Å². The fraction of sp³-hybridized carbons (Fsp3) is 0.538. The SMILES string of the molecule is COc1ccc(Br)c(CC(C)CC(C)Br)c1. The van der Waals surface area contributed by atoms with E-state index in [-0.39, 0.29) is 0 Å². The number of alkyl halides is 1. The lowest BCUT2D eigenvalue weighted by Gasteiger charge is -2.14. The second-order valence-electron chi connectivity index (χ2n) is 4.28. The van der Waals surface area contributed by atoms with E-state index in [1.807, 2.05) is 6.07 Å². The summed E-state index contributed by atoms with van der Waals surface area (Å²) in [6.07, 6.45) is 2.26. The molecule has 2 atom stereocenters. The van der Waals surface area contributed by atoms with Crippen molar-refractivity contribution in [2.24, 2.45) is 5.92 Å². The van der Waals surface area contributed by atoms with Crippen molar-refractivity contribution in [3.05, 3.63) is 28.2 Å². The number of hydrogen-bond donors (Lipinski definition) is 0. The van der Waals surface area contributed by atoms with Crippen molar-refractivity contribution in [2.75, 3.05) is 7.11 Å². The van der Waals surface area contributed by atoms with Crippen LogP contribution in [0.4, 0.5) is 0 Å². The number of hydrogen-bond acceptors (Lipinski definition) is 1. The van der Waals surface area contributed by atoms with Crippen molar-refractivity contribution in [1.82, 2.24) is 0 Å². The minimum Gasteiger partial charge on any atom is -0.497 e. The van der Waals surface area contributed by atoms with Crippen LogP contribution in [0.15, 0.2) is 22.7 Å². The number of rotatable bonds is 5. The zero-order chi connectivity index (χ0) is 12.1. The number of halogens is 2. The smallest absolute Gasteiger partial charge is 0.119 e. The van der Waals surface area contributed by atoms with Gasteiger partial charge in [-0.1, -0.05) is 45.7 Å². The molecule has 0 fully saturated rings. The molecule has 0 bridgehead atoms. The molecule has 0 radical (unpaired) electrons. The van der Waals surface area contributed by atoms with Gasteiger partial charge in [-0.3, -0.25) is 0 Å². The normalized spacial score (nSPS) is 14.6. The summed E-state index contributed by atoms with van der Waals surface area (Å²) in [5.41, 5.74) is 1.32. The molecule has 0 aliphatic carbocycles. The Labute approximate surface area is 115 Å². The Hall–Kier alpha value is -0.0200.